The maximum atomic E-state index is 12.3. The predicted molar refractivity (Wildman–Crippen MR) is 94.8 cm³/mol. The number of thioether (sulfide) groups is 1. The maximum absolute atomic E-state index is 12.3. The van der Waals surface area contributed by atoms with Crippen molar-refractivity contribution in [2.45, 2.75) is 23.6 Å². The molecule has 0 amide bonds. The molecule has 0 aromatic heterocycles. The van der Waals surface area contributed by atoms with E-state index in [2.05, 4.69) is 4.72 Å². The first-order valence-electron chi connectivity index (χ1n) is 7.26. The van der Waals surface area contributed by atoms with E-state index in [1.807, 2.05) is 38.1 Å². The van der Waals surface area contributed by atoms with Crippen LogP contribution in [0, 0.1) is 13.8 Å². The highest BCUT2D eigenvalue weighted by Gasteiger charge is 2.14. The molecule has 4 nitrogen and oxygen atoms in total. The Bertz CT molecular complexity index is 756. The first-order chi connectivity index (χ1) is 10.9. The van der Waals surface area contributed by atoms with E-state index in [1.54, 1.807) is 37.1 Å². The van der Waals surface area contributed by atoms with Crippen LogP contribution >= 0.6 is 11.8 Å². The van der Waals surface area contributed by atoms with Gasteiger partial charge in [0.1, 0.15) is 5.75 Å². The summed E-state index contributed by atoms with van der Waals surface area (Å²) in [4.78, 5) is 1.39. The lowest BCUT2D eigenvalue weighted by Crippen LogP contribution is -2.26. The van der Waals surface area contributed by atoms with Crippen LogP contribution in [0.5, 0.6) is 5.75 Å². The Morgan fingerprint density at radius 1 is 1.09 bits per heavy atom. The summed E-state index contributed by atoms with van der Waals surface area (Å²) in [6.07, 6.45) is 0. The normalized spacial score (nSPS) is 11.4. The second-order valence-corrected chi connectivity index (χ2v) is 8.13. The first-order valence-corrected chi connectivity index (χ1v) is 9.73. The van der Waals surface area contributed by atoms with Gasteiger partial charge in [0.05, 0.1) is 12.0 Å². The predicted octanol–water partition coefficient (Wildman–Crippen LogP) is 3.38. The molecule has 2 aromatic carbocycles. The smallest absolute Gasteiger partial charge is 0.240 e. The molecule has 0 aliphatic carbocycles. The standard InChI is InChI=1S/C17H21NO3S2/c1-13-4-6-15(7-5-13)22-11-10-18-23(19,20)16-8-9-17(21-3)14(2)12-16/h4-9,12,18H,10-11H2,1-3H3. The van der Waals surface area contributed by atoms with E-state index < -0.39 is 10.0 Å². The summed E-state index contributed by atoms with van der Waals surface area (Å²) in [6, 6.07) is 13.0. The molecule has 0 unspecified atom stereocenters. The van der Waals surface area contributed by atoms with Gasteiger partial charge in [-0.05, 0) is 49.7 Å². The summed E-state index contributed by atoms with van der Waals surface area (Å²) in [5.41, 5.74) is 2.01. The number of hydrogen-bond donors (Lipinski definition) is 1. The Balaban J connectivity index is 1.91. The van der Waals surface area contributed by atoms with Gasteiger partial charge >= 0.3 is 0 Å². The summed E-state index contributed by atoms with van der Waals surface area (Å²) in [6.45, 7) is 4.25. The number of benzene rings is 2. The highest BCUT2D eigenvalue weighted by Crippen LogP contribution is 2.21. The fraction of sp³-hybridized carbons (Fsp3) is 0.294. The number of ether oxygens (including phenoxy) is 1. The summed E-state index contributed by atoms with van der Waals surface area (Å²) < 4.78 is 32.3. The zero-order chi connectivity index (χ0) is 16.9. The molecule has 2 rings (SSSR count). The van der Waals surface area contributed by atoms with Crippen molar-refractivity contribution in [1.82, 2.24) is 4.72 Å². The van der Waals surface area contributed by atoms with Crippen LogP contribution in [0.15, 0.2) is 52.3 Å². The molecule has 0 bridgehead atoms. The molecule has 0 aliphatic rings. The minimum Gasteiger partial charge on any atom is -0.496 e. The average Bonchev–Trinajstić information content (AvgIpc) is 2.53. The van der Waals surface area contributed by atoms with Crippen LogP contribution in [0.3, 0.4) is 0 Å². The number of sulfonamides is 1. The van der Waals surface area contributed by atoms with Crippen molar-refractivity contribution in [2.75, 3.05) is 19.4 Å². The summed E-state index contributed by atoms with van der Waals surface area (Å²) in [5, 5.41) is 0. The molecule has 0 atom stereocenters. The van der Waals surface area contributed by atoms with Crippen LogP contribution in [0.4, 0.5) is 0 Å². The van der Waals surface area contributed by atoms with Crippen LogP contribution in [0.1, 0.15) is 11.1 Å². The van der Waals surface area contributed by atoms with Gasteiger partial charge in [0.25, 0.3) is 0 Å². The van der Waals surface area contributed by atoms with E-state index in [-0.39, 0.29) is 4.90 Å². The number of methoxy groups -OCH3 is 1. The monoisotopic (exact) mass is 351 g/mol. The minimum atomic E-state index is -3.49. The minimum absolute atomic E-state index is 0.260. The molecule has 2 aromatic rings. The number of nitrogens with one attached hydrogen (secondary N) is 1. The molecule has 0 fully saturated rings. The topological polar surface area (TPSA) is 55.4 Å². The zero-order valence-corrected chi connectivity index (χ0v) is 15.1. The largest absolute Gasteiger partial charge is 0.496 e. The SMILES string of the molecule is COc1ccc(S(=O)(=O)NCCSc2ccc(C)cc2)cc1C. The van der Waals surface area contributed by atoms with Gasteiger partial charge in [-0.25, -0.2) is 13.1 Å². The molecular formula is C17H21NO3S2. The third-order valence-electron chi connectivity index (χ3n) is 3.36. The maximum Gasteiger partial charge on any atom is 0.240 e. The molecule has 1 N–H and O–H groups in total. The van der Waals surface area contributed by atoms with Crippen LogP contribution in [-0.2, 0) is 10.0 Å². The molecule has 124 valence electrons. The molecule has 0 saturated heterocycles. The summed E-state index contributed by atoms with van der Waals surface area (Å²) in [5.74, 6) is 1.36. The third kappa shape index (κ3) is 4.99. The van der Waals surface area contributed by atoms with Gasteiger partial charge < -0.3 is 4.74 Å². The van der Waals surface area contributed by atoms with Gasteiger partial charge in [0.2, 0.25) is 10.0 Å². The van der Waals surface area contributed by atoms with Crippen LogP contribution < -0.4 is 9.46 Å². The van der Waals surface area contributed by atoms with Crippen LogP contribution in [-0.4, -0.2) is 27.8 Å². The van der Waals surface area contributed by atoms with E-state index in [4.69, 9.17) is 4.74 Å². The molecule has 0 aliphatic heterocycles. The number of aryl methyl sites for hydroxylation is 2. The van der Waals surface area contributed by atoms with Gasteiger partial charge in [-0.15, -0.1) is 11.8 Å². The lowest BCUT2D eigenvalue weighted by atomic mass is 10.2. The second kappa shape index (κ2) is 7.86. The summed E-state index contributed by atoms with van der Waals surface area (Å²) >= 11 is 1.63. The van der Waals surface area contributed by atoms with Gasteiger partial charge in [-0.1, -0.05) is 17.7 Å². The van der Waals surface area contributed by atoms with E-state index >= 15 is 0 Å². The van der Waals surface area contributed by atoms with Gasteiger partial charge in [-0.2, -0.15) is 0 Å². The lowest BCUT2D eigenvalue weighted by Gasteiger charge is -2.09. The molecular weight excluding hydrogens is 330 g/mol. The van der Waals surface area contributed by atoms with Crippen molar-refractivity contribution < 1.29 is 13.2 Å². The Morgan fingerprint density at radius 3 is 2.39 bits per heavy atom. The van der Waals surface area contributed by atoms with E-state index in [1.165, 1.54) is 5.56 Å². The van der Waals surface area contributed by atoms with E-state index in [0.29, 0.717) is 18.0 Å². The third-order valence-corrected chi connectivity index (χ3v) is 5.83. The fourth-order valence-corrected chi connectivity index (χ4v) is 4.09. The van der Waals surface area contributed by atoms with Crippen molar-refractivity contribution >= 4 is 21.8 Å². The van der Waals surface area contributed by atoms with Gasteiger partial charge in [0.15, 0.2) is 0 Å². The van der Waals surface area contributed by atoms with Crippen molar-refractivity contribution in [3.8, 4) is 5.75 Å². The quantitative estimate of drug-likeness (QED) is 0.614. The Morgan fingerprint density at radius 2 is 1.78 bits per heavy atom. The molecule has 6 heteroatoms. The van der Waals surface area contributed by atoms with Crippen molar-refractivity contribution in [3.63, 3.8) is 0 Å². The van der Waals surface area contributed by atoms with E-state index in [9.17, 15) is 8.42 Å². The van der Waals surface area contributed by atoms with Crippen molar-refractivity contribution in [1.29, 1.82) is 0 Å². The molecule has 0 spiro atoms. The Hall–Kier alpha value is -1.50. The van der Waals surface area contributed by atoms with Crippen molar-refractivity contribution in [2.24, 2.45) is 0 Å². The number of hydrogen-bond acceptors (Lipinski definition) is 4. The Labute approximate surface area is 142 Å². The molecule has 0 radical (unpaired) electrons. The highest BCUT2D eigenvalue weighted by atomic mass is 32.2. The van der Waals surface area contributed by atoms with Crippen LogP contribution in [0.25, 0.3) is 0 Å². The van der Waals surface area contributed by atoms with Crippen molar-refractivity contribution in [3.05, 3.63) is 53.6 Å². The second-order valence-electron chi connectivity index (χ2n) is 5.19. The average molecular weight is 351 g/mol. The molecule has 23 heavy (non-hydrogen) atoms. The van der Waals surface area contributed by atoms with Crippen LogP contribution in [0.2, 0.25) is 0 Å². The van der Waals surface area contributed by atoms with E-state index in [0.717, 1.165) is 10.5 Å². The van der Waals surface area contributed by atoms with Gasteiger partial charge in [0, 0.05) is 17.2 Å². The zero-order valence-electron chi connectivity index (χ0n) is 13.5. The molecule has 0 heterocycles. The molecule has 0 saturated carbocycles. The highest BCUT2D eigenvalue weighted by molar-refractivity contribution is 7.99. The van der Waals surface area contributed by atoms with Gasteiger partial charge in [-0.3, -0.25) is 0 Å². The lowest BCUT2D eigenvalue weighted by molar-refractivity contribution is 0.411. The fourth-order valence-electron chi connectivity index (χ4n) is 2.08. The Kier molecular flexibility index (Phi) is 6.10. The summed E-state index contributed by atoms with van der Waals surface area (Å²) in [7, 11) is -1.92. The number of rotatable bonds is 7. The first kappa shape index (κ1) is 17.8.